The average Bonchev–Trinajstić information content (AvgIpc) is 3.16. The molecule has 0 spiro atoms. The molecule has 3 fully saturated rings. The monoisotopic (exact) mass is 209 g/mol. The Kier molecular flexibility index (Phi) is 2.06. The second kappa shape index (κ2) is 3.21. The first-order chi connectivity index (χ1) is 7.22. The number of hydrogen-bond acceptors (Lipinski definition) is 2. The summed E-state index contributed by atoms with van der Waals surface area (Å²) in [7, 11) is 0. The van der Waals surface area contributed by atoms with Crippen molar-refractivity contribution in [2.75, 3.05) is 13.2 Å². The molecule has 2 N–H and O–H groups in total. The van der Waals surface area contributed by atoms with Gasteiger partial charge in [0.15, 0.2) is 0 Å². The van der Waals surface area contributed by atoms with E-state index < -0.39 is 0 Å². The van der Waals surface area contributed by atoms with Crippen molar-refractivity contribution in [2.45, 2.75) is 32.1 Å². The zero-order chi connectivity index (χ0) is 10.5. The van der Waals surface area contributed by atoms with E-state index in [0.717, 1.165) is 37.5 Å². The minimum absolute atomic E-state index is 0.0528. The Labute approximate surface area is 90.2 Å². The molecule has 0 aromatic heterocycles. The van der Waals surface area contributed by atoms with Gasteiger partial charge in [-0.15, -0.1) is 0 Å². The highest BCUT2D eigenvalue weighted by molar-refractivity contribution is 5.79. The summed E-state index contributed by atoms with van der Waals surface area (Å²) in [6.07, 6.45) is 5.73. The lowest BCUT2D eigenvalue weighted by atomic mass is 10.0. The molecule has 0 aromatic rings. The van der Waals surface area contributed by atoms with Gasteiger partial charge in [-0.3, -0.25) is 4.79 Å². The topological polar surface area (TPSA) is 49.3 Å². The SMILES string of the molecule is O=C(NCC1(CO)CC1)C1CC2CC2C1. The quantitative estimate of drug-likeness (QED) is 0.723. The zero-order valence-electron chi connectivity index (χ0n) is 9.04. The maximum Gasteiger partial charge on any atom is 0.223 e. The second-order valence-corrected chi connectivity index (χ2v) is 5.80. The molecular weight excluding hydrogens is 190 g/mol. The van der Waals surface area contributed by atoms with Crippen LogP contribution in [0.3, 0.4) is 0 Å². The van der Waals surface area contributed by atoms with E-state index in [-0.39, 0.29) is 23.8 Å². The molecule has 3 saturated carbocycles. The van der Waals surface area contributed by atoms with Gasteiger partial charge in [-0.2, -0.15) is 0 Å². The molecule has 15 heavy (non-hydrogen) atoms. The Balaban J connectivity index is 1.45. The number of carbonyl (C=O) groups is 1. The fourth-order valence-electron chi connectivity index (χ4n) is 2.92. The number of carbonyl (C=O) groups excluding carboxylic acids is 1. The normalized spacial score (nSPS) is 39.7. The lowest BCUT2D eigenvalue weighted by Gasteiger charge is -2.16. The van der Waals surface area contributed by atoms with Crippen molar-refractivity contribution in [3.05, 3.63) is 0 Å². The number of amides is 1. The molecule has 3 aliphatic rings. The third kappa shape index (κ3) is 1.78. The van der Waals surface area contributed by atoms with Gasteiger partial charge in [0.1, 0.15) is 0 Å². The summed E-state index contributed by atoms with van der Waals surface area (Å²) in [6.45, 7) is 0.914. The van der Waals surface area contributed by atoms with Crippen LogP contribution in [0.15, 0.2) is 0 Å². The van der Waals surface area contributed by atoms with Gasteiger partial charge < -0.3 is 10.4 Å². The summed E-state index contributed by atoms with van der Waals surface area (Å²) in [5, 5.41) is 12.2. The van der Waals surface area contributed by atoms with Crippen molar-refractivity contribution in [2.24, 2.45) is 23.2 Å². The Morgan fingerprint density at radius 1 is 1.27 bits per heavy atom. The van der Waals surface area contributed by atoms with Gasteiger partial charge >= 0.3 is 0 Å². The maximum absolute atomic E-state index is 11.8. The summed E-state index contributed by atoms with van der Waals surface area (Å²) >= 11 is 0. The largest absolute Gasteiger partial charge is 0.396 e. The lowest BCUT2D eigenvalue weighted by molar-refractivity contribution is -0.125. The van der Waals surface area contributed by atoms with Gasteiger partial charge in [0.05, 0.1) is 6.61 Å². The minimum Gasteiger partial charge on any atom is -0.396 e. The van der Waals surface area contributed by atoms with Crippen molar-refractivity contribution in [1.29, 1.82) is 0 Å². The summed E-state index contributed by atoms with van der Waals surface area (Å²) < 4.78 is 0. The standard InChI is InChI=1S/C12H19NO2/c14-7-12(1-2-12)6-13-11(15)10-4-8-3-9(8)5-10/h8-10,14H,1-7H2,(H,13,15). The van der Waals surface area contributed by atoms with Gasteiger partial charge in [0.25, 0.3) is 0 Å². The summed E-state index contributed by atoms with van der Waals surface area (Å²) in [6, 6.07) is 0. The van der Waals surface area contributed by atoms with Crippen LogP contribution in [0.4, 0.5) is 0 Å². The molecule has 3 aliphatic carbocycles. The molecule has 84 valence electrons. The van der Waals surface area contributed by atoms with E-state index in [0.29, 0.717) is 6.54 Å². The van der Waals surface area contributed by atoms with Crippen molar-refractivity contribution in [1.82, 2.24) is 5.32 Å². The van der Waals surface area contributed by atoms with E-state index in [9.17, 15) is 4.79 Å². The lowest BCUT2D eigenvalue weighted by Crippen LogP contribution is -2.35. The van der Waals surface area contributed by atoms with E-state index in [1.54, 1.807) is 0 Å². The first-order valence-corrected chi connectivity index (χ1v) is 6.11. The Morgan fingerprint density at radius 2 is 1.93 bits per heavy atom. The van der Waals surface area contributed by atoms with Gasteiger partial charge in [-0.05, 0) is 43.9 Å². The Morgan fingerprint density at radius 3 is 2.47 bits per heavy atom. The summed E-state index contributed by atoms with van der Waals surface area (Å²) in [5.41, 5.74) is 0.0528. The molecule has 0 aliphatic heterocycles. The number of aliphatic hydroxyl groups is 1. The second-order valence-electron chi connectivity index (χ2n) is 5.80. The highest BCUT2D eigenvalue weighted by Crippen LogP contribution is 2.54. The molecule has 0 aromatic carbocycles. The van der Waals surface area contributed by atoms with Gasteiger partial charge in [-0.1, -0.05) is 0 Å². The molecule has 3 heteroatoms. The van der Waals surface area contributed by atoms with Crippen molar-refractivity contribution < 1.29 is 9.90 Å². The molecule has 1 amide bonds. The predicted molar refractivity (Wildman–Crippen MR) is 56.1 cm³/mol. The zero-order valence-corrected chi connectivity index (χ0v) is 9.04. The van der Waals surface area contributed by atoms with Crippen LogP contribution in [0.5, 0.6) is 0 Å². The van der Waals surface area contributed by atoms with Gasteiger partial charge in [-0.25, -0.2) is 0 Å². The predicted octanol–water partition coefficient (Wildman–Crippen LogP) is 0.921. The summed E-state index contributed by atoms with van der Waals surface area (Å²) in [5.74, 6) is 2.26. The number of hydrogen-bond donors (Lipinski definition) is 2. The third-order valence-corrected chi connectivity index (χ3v) is 4.54. The van der Waals surface area contributed by atoms with Crippen molar-refractivity contribution in [3.8, 4) is 0 Å². The Bertz CT molecular complexity index is 275. The molecule has 0 heterocycles. The smallest absolute Gasteiger partial charge is 0.223 e. The fraction of sp³-hybridized carbons (Fsp3) is 0.917. The van der Waals surface area contributed by atoms with Gasteiger partial charge in [0.2, 0.25) is 5.91 Å². The van der Waals surface area contributed by atoms with Crippen LogP contribution in [0.25, 0.3) is 0 Å². The van der Waals surface area contributed by atoms with E-state index in [2.05, 4.69) is 5.32 Å². The molecule has 0 saturated heterocycles. The van der Waals surface area contributed by atoms with Crippen LogP contribution >= 0.6 is 0 Å². The maximum atomic E-state index is 11.8. The molecular formula is C12H19NO2. The van der Waals surface area contributed by atoms with E-state index >= 15 is 0 Å². The van der Waals surface area contributed by atoms with E-state index in [4.69, 9.17) is 5.11 Å². The number of rotatable bonds is 4. The van der Waals surface area contributed by atoms with E-state index in [1.807, 2.05) is 0 Å². The third-order valence-electron chi connectivity index (χ3n) is 4.54. The molecule has 0 bridgehead atoms. The molecule has 2 atom stereocenters. The average molecular weight is 209 g/mol. The number of aliphatic hydroxyl groups excluding tert-OH is 1. The van der Waals surface area contributed by atoms with Crippen LogP contribution < -0.4 is 5.32 Å². The molecule has 3 rings (SSSR count). The first kappa shape index (κ1) is 9.64. The van der Waals surface area contributed by atoms with Crippen molar-refractivity contribution in [3.63, 3.8) is 0 Å². The van der Waals surface area contributed by atoms with Crippen LogP contribution in [0, 0.1) is 23.2 Å². The highest BCUT2D eigenvalue weighted by atomic mass is 16.3. The summed E-state index contributed by atoms with van der Waals surface area (Å²) in [4.78, 5) is 11.8. The van der Waals surface area contributed by atoms with E-state index in [1.165, 1.54) is 6.42 Å². The molecule has 0 radical (unpaired) electrons. The van der Waals surface area contributed by atoms with Crippen molar-refractivity contribution >= 4 is 5.91 Å². The van der Waals surface area contributed by atoms with Crippen LogP contribution in [-0.4, -0.2) is 24.2 Å². The number of fused-ring (bicyclic) bond motifs is 1. The van der Waals surface area contributed by atoms with Crippen LogP contribution in [-0.2, 0) is 4.79 Å². The van der Waals surface area contributed by atoms with Gasteiger partial charge in [0, 0.05) is 17.9 Å². The molecule has 3 nitrogen and oxygen atoms in total. The van der Waals surface area contributed by atoms with Crippen LogP contribution in [0.1, 0.15) is 32.1 Å². The fourth-order valence-corrected chi connectivity index (χ4v) is 2.92. The molecule has 2 unspecified atom stereocenters. The number of nitrogens with one attached hydrogen (secondary N) is 1. The van der Waals surface area contributed by atoms with Crippen LogP contribution in [0.2, 0.25) is 0 Å². The highest BCUT2D eigenvalue weighted by Gasteiger charge is 2.48. The minimum atomic E-state index is 0.0528. The Hall–Kier alpha value is -0.570. The first-order valence-electron chi connectivity index (χ1n) is 6.11.